The Hall–Kier alpha value is -2.10. The highest BCUT2D eigenvalue weighted by molar-refractivity contribution is 8.26. The normalized spacial score (nSPS) is 19.4. The summed E-state index contributed by atoms with van der Waals surface area (Å²) < 4.78 is 11.7. The highest BCUT2D eigenvalue weighted by Gasteiger charge is 2.34. The maximum atomic E-state index is 12.8. The molecule has 0 bridgehead atoms. The van der Waals surface area contributed by atoms with Crippen LogP contribution in [0.2, 0.25) is 10.0 Å². The Labute approximate surface area is 211 Å². The average molecular weight is 523 g/mol. The predicted molar refractivity (Wildman–Crippen MR) is 136 cm³/mol. The van der Waals surface area contributed by atoms with Gasteiger partial charge in [-0.05, 0) is 54.8 Å². The first kappa shape index (κ1) is 24.0. The largest absolute Gasteiger partial charge is 0.484 e. The van der Waals surface area contributed by atoms with Gasteiger partial charge in [-0.15, -0.1) is 0 Å². The average Bonchev–Trinajstić information content (AvgIpc) is 3.37. The number of rotatable bonds is 7. The van der Waals surface area contributed by atoms with Gasteiger partial charge in [-0.3, -0.25) is 14.5 Å². The molecule has 0 aromatic heterocycles. The number of carbonyl (C=O) groups excluding carboxylic acids is 2. The van der Waals surface area contributed by atoms with E-state index in [-0.39, 0.29) is 24.5 Å². The molecule has 0 unspecified atom stereocenters. The molecule has 1 N–H and O–H groups in total. The van der Waals surface area contributed by atoms with Crippen LogP contribution in [-0.2, 0) is 14.3 Å². The second-order valence-electron chi connectivity index (χ2n) is 7.49. The van der Waals surface area contributed by atoms with Crippen LogP contribution >= 0.6 is 47.2 Å². The zero-order valence-corrected chi connectivity index (χ0v) is 20.5. The van der Waals surface area contributed by atoms with Crippen molar-refractivity contribution in [1.82, 2.24) is 4.90 Å². The summed E-state index contributed by atoms with van der Waals surface area (Å²) in [4.78, 5) is 27.1. The van der Waals surface area contributed by atoms with E-state index in [9.17, 15) is 9.59 Å². The van der Waals surface area contributed by atoms with E-state index in [4.69, 9.17) is 44.9 Å². The molecule has 33 heavy (non-hydrogen) atoms. The van der Waals surface area contributed by atoms with Gasteiger partial charge in [0.05, 0.1) is 17.6 Å². The molecule has 10 heteroatoms. The fourth-order valence-corrected chi connectivity index (χ4v) is 5.23. The molecule has 0 radical (unpaired) electrons. The van der Waals surface area contributed by atoms with Gasteiger partial charge in [-0.1, -0.05) is 59.3 Å². The Morgan fingerprint density at radius 2 is 1.97 bits per heavy atom. The second kappa shape index (κ2) is 10.9. The van der Waals surface area contributed by atoms with Gasteiger partial charge in [0, 0.05) is 22.3 Å². The molecular formula is C23H20Cl2N2O4S2. The fourth-order valence-electron chi connectivity index (χ4n) is 3.43. The molecule has 6 nitrogen and oxygen atoms in total. The lowest BCUT2D eigenvalue weighted by Gasteiger charge is -2.18. The summed E-state index contributed by atoms with van der Waals surface area (Å²) >= 11 is 18.5. The molecule has 2 aliphatic rings. The van der Waals surface area contributed by atoms with E-state index in [0.717, 1.165) is 25.0 Å². The number of hydrogen-bond acceptors (Lipinski definition) is 6. The summed E-state index contributed by atoms with van der Waals surface area (Å²) in [7, 11) is 0. The zero-order valence-electron chi connectivity index (χ0n) is 17.4. The minimum absolute atomic E-state index is 0.0522. The van der Waals surface area contributed by atoms with E-state index in [1.54, 1.807) is 41.3 Å². The number of thiocarbonyl (C=S) groups is 1. The molecule has 1 atom stereocenters. The van der Waals surface area contributed by atoms with Crippen molar-refractivity contribution < 1.29 is 19.1 Å². The van der Waals surface area contributed by atoms with Crippen LogP contribution in [0.1, 0.15) is 18.4 Å². The first-order valence-electron chi connectivity index (χ1n) is 10.2. The van der Waals surface area contributed by atoms with Crippen molar-refractivity contribution in [3.63, 3.8) is 0 Å². The Morgan fingerprint density at radius 1 is 1.24 bits per heavy atom. The van der Waals surface area contributed by atoms with Crippen LogP contribution in [0.15, 0.2) is 47.4 Å². The number of anilines is 1. The van der Waals surface area contributed by atoms with Crippen molar-refractivity contribution in [1.29, 1.82) is 0 Å². The molecule has 2 amide bonds. The minimum Gasteiger partial charge on any atom is -0.484 e. The van der Waals surface area contributed by atoms with E-state index >= 15 is 0 Å². The fraction of sp³-hybridized carbons (Fsp3) is 0.261. The van der Waals surface area contributed by atoms with E-state index in [0.29, 0.717) is 37.3 Å². The monoisotopic (exact) mass is 522 g/mol. The van der Waals surface area contributed by atoms with Gasteiger partial charge in [-0.2, -0.15) is 0 Å². The van der Waals surface area contributed by atoms with Crippen molar-refractivity contribution >= 4 is 75.1 Å². The maximum Gasteiger partial charge on any atom is 0.266 e. The van der Waals surface area contributed by atoms with E-state index in [1.807, 2.05) is 12.1 Å². The molecule has 2 aromatic carbocycles. The van der Waals surface area contributed by atoms with Gasteiger partial charge in [0.2, 0.25) is 0 Å². The highest BCUT2D eigenvalue weighted by atomic mass is 35.5. The predicted octanol–water partition coefficient (Wildman–Crippen LogP) is 5.39. The van der Waals surface area contributed by atoms with Crippen LogP contribution in [-0.4, -0.2) is 46.9 Å². The van der Waals surface area contributed by atoms with Gasteiger partial charge in [0.1, 0.15) is 10.1 Å². The highest BCUT2D eigenvalue weighted by Crippen LogP contribution is 2.33. The van der Waals surface area contributed by atoms with Crippen LogP contribution in [0, 0.1) is 0 Å². The summed E-state index contributed by atoms with van der Waals surface area (Å²) in [6, 6.07) is 11.9. The quantitative estimate of drug-likeness (QED) is 0.388. The smallest absolute Gasteiger partial charge is 0.266 e. The van der Waals surface area contributed by atoms with Crippen LogP contribution in [0.3, 0.4) is 0 Å². The Morgan fingerprint density at radius 3 is 2.64 bits per heavy atom. The molecule has 0 spiro atoms. The van der Waals surface area contributed by atoms with Crippen molar-refractivity contribution in [3.8, 4) is 5.75 Å². The van der Waals surface area contributed by atoms with E-state index < -0.39 is 0 Å². The lowest BCUT2D eigenvalue weighted by Crippen LogP contribution is -2.35. The zero-order chi connectivity index (χ0) is 23.4. The first-order chi connectivity index (χ1) is 15.9. The third-order valence-corrected chi connectivity index (χ3v) is 6.79. The van der Waals surface area contributed by atoms with Gasteiger partial charge < -0.3 is 14.8 Å². The van der Waals surface area contributed by atoms with E-state index in [1.165, 1.54) is 11.8 Å². The lowest BCUT2D eigenvalue weighted by atomic mass is 10.2. The third-order valence-electron chi connectivity index (χ3n) is 4.98. The Kier molecular flexibility index (Phi) is 7.93. The Bertz CT molecular complexity index is 1080. The van der Waals surface area contributed by atoms with Crippen molar-refractivity contribution in [3.05, 3.63) is 63.0 Å². The molecule has 2 fully saturated rings. The summed E-state index contributed by atoms with van der Waals surface area (Å²) in [6.07, 6.45) is 3.81. The van der Waals surface area contributed by atoms with Crippen LogP contribution in [0.4, 0.5) is 5.69 Å². The number of amides is 2. The van der Waals surface area contributed by atoms with Crippen molar-refractivity contribution in [2.24, 2.45) is 0 Å². The molecule has 0 aliphatic carbocycles. The number of nitrogens with one attached hydrogen (secondary N) is 1. The van der Waals surface area contributed by atoms with Gasteiger partial charge in [0.25, 0.3) is 11.8 Å². The minimum atomic E-state index is -0.340. The molecule has 4 rings (SSSR count). The molecule has 2 heterocycles. The van der Waals surface area contributed by atoms with Crippen LogP contribution in [0.5, 0.6) is 5.75 Å². The number of halogens is 2. The topological polar surface area (TPSA) is 67.9 Å². The maximum absolute atomic E-state index is 12.8. The molecule has 2 saturated heterocycles. The SMILES string of the molecule is O=C(COc1ccc(/C=C2\SC(=S)N(C[C@@H]3CCCO3)C2=O)cc1)Nc1cc(Cl)cc(Cl)c1. The van der Waals surface area contributed by atoms with Gasteiger partial charge >= 0.3 is 0 Å². The first-order valence-corrected chi connectivity index (χ1v) is 12.2. The molecule has 2 aliphatic heterocycles. The number of nitrogens with zero attached hydrogens (tertiary/aromatic N) is 1. The second-order valence-corrected chi connectivity index (χ2v) is 10.0. The number of ether oxygens (including phenoxy) is 2. The number of hydrogen-bond donors (Lipinski definition) is 1. The van der Waals surface area contributed by atoms with Crippen LogP contribution in [0.25, 0.3) is 6.08 Å². The molecule has 172 valence electrons. The molecule has 0 saturated carbocycles. The number of thioether (sulfide) groups is 1. The molecule has 2 aromatic rings. The van der Waals surface area contributed by atoms with E-state index in [2.05, 4.69) is 5.32 Å². The summed E-state index contributed by atoms with van der Waals surface area (Å²) in [6.45, 7) is 1.06. The molecular weight excluding hydrogens is 503 g/mol. The standard InChI is InChI=1S/C23H20Cl2N2O4S2/c24-15-9-16(25)11-17(10-15)26-21(28)13-31-18-5-3-14(4-6-18)8-20-22(29)27(23(32)33-20)12-19-2-1-7-30-19/h3-6,8-11,19H,1-2,7,12-13H2,(H,26,28)/b20-8-/t19-/m0/s1. The Balaban J connectivity index is 1.31. The summed E-state index contributed by atoms with van der Waals surface area (Å²) in [5.41, 5.74) is 1.33. The van der Waals surface area contributed by atoms with Crippen molar-refractivity contribution in [2.75, 3.05) is 25.1 Å². The number of carbonyl (C=O) groups is 2. The van der Waals surface area contributed by atoms with Crippen molar-refractivity contribution in [2.45, 2.75) is 18.9 Å². The van der Waals surface area contributed by atoms with Gasteiger partial charge in [0.15, 0.2) is 6.61 Å². The lowest BCUT2D eigenvalue weighted by molar-refractivity contribution is -0.123. The summed E-state index contributed by atoms with van der Waals surface area (Å²) in [5.74, 6) is 0.0864. The number of benzene rings is 2. The van der Waals surface area contributed by atoms with Gasteiger partial charge in [-0.25, -0.2) is 0 Å². The van der Waals surface area contributed by atoms with Crippen LogP contribution < -0.4 is 10.1 Å². The third kappa shape index (κ3) is 6.49. The summed E-state index contributed by atoms with van der Waals surface area (Å²) in [5, 5.41) is 3.54.